The van der Waals surface area contributed by atoms with Gasteiger partial charge in [0.2, 0.25) is 0 Å². The molecule has 3 heteroatoms. The molecular weight excluding hydrogens is 264 g/mol. The standard InChI is InChI=1S/C13H15BrN2/c1-2-10-5-6-16(9-10)12-4-3-11(8-15)13(14)7-12/h3-4,7,10H,2,5-6,9H2,1H3. The van der Waals surface area contributed by atoms with Gasteiger partial charge in [0.25, 0.3) is 0 Å². The molecule has 1 fully saturated rings. The average molecular weight is 279 g/mol. The van der Waals surface area contributed by atoms with Crippen molar-refractivity contribution in [2.75, 3.05) is 18.0 Å². The highest BCUT2D eigenvalue weighted by atomic mass is 79.9. The quantitative estimate of drug-likeness (QED) is 0.827. The van der Waals surface area contributed by atoms with Crippen LogP contribution in [0.3, 0.4) is 0 Å². The summed E-state index contributed by atoms with van der Waals surface area (Å²) in [5.41, 5.74) is 1.93. The molecule has 1 atom stereocenters. The zero-order valence-corrected chi connectivity index (χ0v) is 11.0. The van der Waals surface area contributed by atoms with Gasteiger partial charge in [-0.2, -0.15) is 5.26 Å². The van der Waals surface area contributed by atoms with Crippen LogP contribution in [0.5, 0.6) is 0 Å². The summed E-state index contributed by atoms with van der Waals surface area (Å²) in [6, 6.07) is 8.15. The Balaban J connectivity index is 2.17. The number of halogens is 1. The van der Waals surface area contributed by atoms with E-state index in [0.717, 1.165) is 23.5 Å². The van der Waals surface area contributed by atoms with E-state index < -0.39 is 0 Å². The van der Waals surface area contributed by atoms with Crippen LogP contribution < -0.4 is 4.90 Å². The number of nitriles is 1. The van der Waals surface area contributed by atoms with Gasteiger partial charge in [-0.05, 0) is 46.5 Å². The molecule has 84 valence electrons. The Morgan fingerprint density at radius 2 is 2.38 bits per heavy atom. The Labute approximate surface area is 105 Å². The highest BCUT2D eigenvalue weighted by molar-refractivity contribution is 9.10. The van der Waals surface area contributed by atoms with Crippen LogP contribution in [0, 0.1) is 17.2 Å². The number of hydrogen-bond acceptors (Lipinski definition) is 2. The fraction of sp³-hybridized carbons (Fsp3) is 0.462. The van der Waals surface area contributed by atoms with Gasteiger partial charge >= 0.3 is 0 Å². The Bertz CT molecular complexity index is 422. The summed E-state index contributed by atoms with van der Waals surface area (Å²) in [7, 11) is 0. The van der Waals surface area contributed by atoms with Gasteiger partial charge in [0, 0.05) is 23.2 Å². The fourth-order valence-electron chi connectivity index (χ4n) is 2.19. The molecular formula is C13H15BrN2. The Morgan fingerprint density at radius 1 is 1.56 bits per heavy atom. The third-order valence-corrected chi connectivity index (χ3v) is 3.96. The predicted molar refractivity (Wildman–Crippen MR) is 69.5 cm³/mol. The van der Waals surface area contributed by atoms with Crippen molar-refractivity contribution in [3.8, 4) is 6.07 Å². The molecule has 1 aromatic carbocycles. The Morgan fingerprint density at radius 3 is 2.94 bits per heavy atom. The van der Waals surface area contributed by atoms with Gasteiger partial charge in [0.15, 0.2) is 0 Å². The molecule has 1 aliphatic heterocycles. The summed E-state index contributed by atoms with van der Waals surface area (Å²) in [6.45, 7) is 4.54. The lowest BCUT2D eigenvalue weighted by atomic mass is 10.1. The lowest BCUT2D eigenvalue weighted by Crippen LogP contribution is -2.19. The van der Waals surface area contributed by atoms with Crippen LogP contribution in [0.25, 0.3) is 0 Å². The van der Waals surface area contributed by atoms with Crippen LogP contribution in [0.4, 0.5) is 5.69 Å². The fourth-order valence-corrected chi connectivity index (χ4v) is 2.65. The monoisotopic (exact) mass is 278 g/mol. The number of hydrogen-bond donors (Lipinski definition) is 0. The number of rotatable bonds is 2. The van der Waals surface area contributed by atoms with E-state index in [1.165, 1.54) is 18.5 Å². The molecule has 1 unspecified atom stereocenters. The van der Waals surface area contributed by atoms with Crippen LogP contribution in [0.2, 0.25) is 0 Å². The van der Waals surface area contributed by atoms with Crippen molar-refractivity contribution in [2.24, 2.45) is 5.92 Å². The van der Waals surface area contributed by atoms with E-state index in [-0.39, 0.29) is 0 Å². The minimum atomic E-state index is 0.704. The van der Waals surface area contributed by atoms with Crippen molar-refractivity contribution in [1.29, 1.82) is 5.26 Å². The summed E-state index contributed by atoms with van der Waals surface area (Å²) in [5, 5.41) is 8.86. The third-order valence-electron chi connectivity index (χ3n) is 3.30. The van der Waals surface area contributed by atoms with Crippen LogP contribution in [-0.4, -0.2) is 13.1 Å². The van der Waals surface area contributed by atoms with Crippen LogP contribution >= 0.6 is 15.9 Å². The topological polar surface area (TPSA) is 27.0 Å². The van der Waals surface area contributed by atoms with Crippen molar-refractivity contribution >= 4 is 21.6 Å². The molecule has 1 saturated heterocycles. The Kier molecular flexibility index (Phi) is 3.50. The molecule has 1 aromatic rings. The lowest BCUT2D eigenvalue weighted by molar-refractivity contribution is 0.569. The molecule has 0 spiro atoms. The van der Waals surface area contributed by atoms with Gasteiger partial charge < -0.3 is 4.90 Å². The van der Waals surface area contributed by atoms with Gasteiger partial charge in [0.05, 0.1) is 5.56 Å². The zero-order valence-electron chi connectivity index (χ0n) is 9.41. The first-order valence-corrected chi connectivity index (χ1v) is 6.48. The molecule has 1 heterocycles. The maximum atomic E-state index is 8.86. The first-order valence-electron chi connectivity index (χ1n) is 5.69. The van der Waals surface area contributed by atoms with E-state index in [2.05, 4.69) is 39.9 Å². The maximum absolute atomic E-state index is 8.86. The largest absolute Gasteiger partial charge is 0.371 e. The molecule has 0 aliphatic carbocycles. The zero-order chi connectivity index (χ0) is 11.5. The summed E-state index contributed by atoms with van der Waals surface area (Å²) >= 11 is 3.44. The van der Waals surface area contributed by atoms with Crippen LogP contribution in [-0.2, 0) is 0 Å². The van der Waals surface area contributed by atoms with Gasteiger partial charge in [0.1, 0.15) is 6.07 Å². The number of benzene rings is 1. The van der Waals surface area contributed by atoms with Crippen molar-refractivity contribution in [3.63, 3.8) is 0 Å². The second kappa shape index (κ2) is 4.88. The van der Waals surface area contributed by atoms with E-state index in [1.807, 2.05) is 12.1 Å². The summed E-state index contributed by atoms with van der Waals surface area (Å²) < 4.78 is 0.896. The first-order chi connectivity index (χ1) is 7.74. The second-order valence-corrected chi connectivity index (χ2v) is 5.14. The molecule has 0 aromatic heterocycles. The predicted octanol–water partition coefficient (Wildman–Crippen LogP) is 3.56. The minimum absolute atomic E-state index is 0.704. The SMILES string of the molecule is CCC1CCN(c2ccc(C#N)c(Br)c2)C1. The van der Waals surface area contributed by atoms with Crippen molar-refractivity contribution in [1.82, 2.24) is 0 Å². The van der Waals surface area contributed by atoms with Gasteiger partial charge in [-0.15, -0.1) is 0 Å². The van der Waals surface area contributed by atoms with E-state index in [4.69, 9.17) is 5.26 Å². The molecule has 2 nitrogen and oxygen atoms in total. The highest BCUT2D eigenvalue weighted by Gasteiger charge is 2.21. The molecule has 0 N–H and O–H groups in total. The van der Waals surface area contributed by atoms with Gasteiger partial charge in [-0.3, -0.25) is 0 Å². The van der Waals surface area contributed by atoms with Crippen molar-refractivity contribution in [2.45, 2.75) is 19.8 Å². The first kappa shape index (κ1) is 11.5. The normalized spacial score (nSPS) is 19.8. The van der Waals surface area contributed by atoms with Crippen LogP contribution in [0.15, 0.2) is 22.7 Å². The smallest absolute Gasteiger partial charge is 0.100 e. The molecule has 0 radical (unpaired) electrons. The van der Waals surface area contributed by atoms with E-state index >= 15 is 0 Å². The van der Waals surface area contributed by atoms with Crippen molar-refractivity contribution in [3.05, 3.63) is 28.2 Å². The molecule has 0 bridgehead atoms. The molecule has 16 heavy (non-hydrogen) atoms. The van der Waals surface area contributed by atoms with Gasteiger partial charge in [-0.25, -0.2) is 0 Å². The summed E-state index contributed by atoms with van der Waals surface area (Å²) in [4.78, 5) is 2.40. The molecule has 0 amide bonds. The Hall–Kier alpha value is -1.01. The average Bonchev–Trinajstić information content (AvgIpc) is 2.77. The minimum Gasteiger partial charge on any atom is -0.371 e. The lowest BCUT2D eigenvalue weighted by Gasteiger charge is -2.19. The summed E-state index contributed by atoms with van der Waals surface area (Å²) in [5.74, 6) is 0.828. The second-order valence-electron chi connectivity index (χ2n) is 4.28. The molecule has 2 rings (SSSR count). The third kappa shape index (κ3) is 2.22. The number of anilines is 1. The van der Waals surface area contributed by atoms with Crippen LogP contribution in [0.1, 0.15) is 25.3 Å². The van der Waals surface area contributed by atoms with E-state index in [0.29, 0.717) is 5.56 Å². The van der Waals surface area contributed by atoms with Crippen molar-refractivity contribution < 1.29 is 0 Å². The highest BCUT2D eigenvalue weighted by Crippen LogP contribution is 2.28. The molecule has 1 aliphatic rings. The number of nitrogens with zero attached hydrogens (tertiary/aromatic N) is 2. The summed E-state index contributed by atoms with van der Waals surface area (Å²) in [6.07, 6.45) is 2.54. The van der Waals surface area contributed by atoms with E-state index in [1.54, 1.807) is 0 Å². The molecule has 0 saturated carbocycles. The maximum Gasteiger partial charge on any atom is 0.100 e. The van der Waals surface area contributed by atoms with E-state index in [9.17, 15) is 0 Å². The van der Waals surface area contributed by atoms with Gasteiger partial charge in [-0.1, -0.05) is 13.3 Å².